The number of hydrogen-bond acceptors (Lipinski definition) is 2. The summed E-state index contributed by atoms with van der Waals surface area (Å²) in [7, 11) is 0. The Kier molecular flexibility index (Phi) is 4.34. The molecule has 2 rings (SSSR count). The number of amides is 1. The van der Waals surface area contributed by atoms with Gasteiger partial charge in [-0.3, -0.25) is 5.32 Å². The number of carbonyl (C=O) groups excluding carboxylic acids is 1. The fraction of sp³-hybridized carbons (Fsp3) is 0.0625. The van der Waals surface area contributed by atoms with E-state index in [-0.39, 0.29) is 6.61 Å². The zero-order valence-corrected chi connectivity index (χ0v) is 10.5. The monoisotopic (exact) mass is 253 g/mol. The first-order chi connectivity index (χ1) is 9.28. The Morgan fingerprint density at radius 3 is 2.42 bits per heavy atom. The smallest absolute Gasteiger partial charge is 0.411 e. The first-order valence-corrected chi connectivity index (χ1v) is 5.98. The summed E-state index contributed by atoms with van der Waals surface area (Å²) >= 11 is 0. The summed E-state index contributed by atoms with van der Waals surface area (Å²) in [6.07, 6.45) is 1.28. The van der Waals surface area contributed by atoms with E-state index in [1.807, 2.05) is 42.5 Å². The maximum Gasteiger partial charge on any atom is 0.411 e. The Balaban J connectivity index is 1.85. The first-order valence-electron chi connectivity index (χ1n) is 5.98. The van der Waals surface area contributed by atoms with Crippen molar-refractivity contribution in [3.05, 3.63) is 72.3 Å². The molecule has 0 heterocycles. The van der Waals surface area contributed by atoms with Crippen LogP contribution >= 0.6 is 0 Å². The average Bonchev–Trinajstić information content (AvgIpc) is 2.47. The molecule has 0 saturated heterocycles. The van der Waals surface area contributed by atoms with Gasteiger partial charge in [0.25, 0.3) is 0 Å². The maximum absolute atomic E-state index is 11.6. The second-order valence-corrected chi connectivity index (χ2v) is 4.01. The van der Waals surface area contributed by atoms with Crippen molar-refractivity contribution in [1.82, 2.24) is 0 Å². The predicted octanol–water partition coefficient (Wildman–Crippen LogP) is 4.08. The Morgan fingerprint density at radius 2 is 1.79 bits per heavy atom. The summed E-state index contributed by atoms with van der Waals surface area (Å²) in [6.45, 7) is 3.93. The summed E-state index contributed by atoms with van der Waals surface area (Å²) in [6, 6.07) is 16.9. The van der Waals surface area contributed by atoms with Crippen LogP contribution in [0, 0.1) is 0 Å². The van der Waals surface area contributed by atoms with Gasteiger partial charge in [-0.1, -0.05) is 55.1 Å². The van der Waals surface area contributed by atoms with Crippen LogP contribution < -0.4 is 5.32 Å². The highest BCUT2D eigenvalue weighted by molar-refractivity contribution is 5.84. The maximum atomic E-state index is 11.6. The SMILES string of the molecule is C=Cc1ccc(NC(=O)OCc2ccccc2)cc1. The van der Waals surface area contributed by atoms with Crippen LogP contribution in [0.3, 0.4) is 0 Å². The first kappa shape index (κ1) is 12.9. The molecule has 1 N–H and O–H groups in total. The molecule has 2 aromatic rings. The lowest BCUT2D eigenvalue weighted by atomic mass is 10.2. The van der Waals surface area contributed by atoms with Crippen LogP contribution in [0.1, 0.15) is 11.1 Å². The van der Waals surface area contributed by atoms with Crippen LogP contribution in [-0.2, 0) is 11.3 Å². The summed E-state index contributed by atoms with van der Waals surface area (Å²) in [5.74, 6) is 0. The highest BCUT2D eigenvalue weighted by atomic mass is 16.5. The van der Waals surface area contributed by atoms with Crippen LogP contribution in [0.15, 0.2) is 61.2 Å². The molecule has 3 heteroatoms. The molecule has 0 aliphatic heterocycles. The van der Waals surface area contributed by atoms with E-state index < -0.39 is 6.09 Å². The highest BCUT2D eigenvalue weighted by Gasteiger charge is 2.03. The lowest BCUT2D eigenvalue weighted by molar-refractivity contribution is 0.155. The summed E-state index contributed by atoms with van der Waals surface area (Å²) in [4.78, 5) is 11.6. The Morgan fingerprint density at radius 1 is 1.11 bits per heavy atom. The van der Waals surface area contributed by atoms with E-state index in [9.17, 15) is 4.79 Å². The molecule has 0 spiro atoms. The molecule has 0 aliphatic carbocycles. The van der Waals surface area contributed by atoms with Gasteiger partial charge in [0.05, 0.1) is 0 Å². The molecule has 2 aromatic carbocycles. The molecule has 19 heavy (non-hydrogen) atoms. The van der Waals surface area contributed by atoms with Gasteiger partial charge >= 0.3 is 6.09 Å². The van der Waals surface area contributed by atoms with Crippen molar-refractivity contribution in [1.29, 1.82) is 0 Å². The zero-order valence-electron chi connectivity index (χ0n) is 10.5. The largest absolute Gasteiger partial charge is 0.444 e. The highest BCUT2D eigenvalue weighted by Crippen LogP contribution is 2.11. The van der Waals surface area contributed by atoms with Crippen molar-refractivity contribution in [3.63, 3.8) is 0 Å². The van der Waals surface area contributed by atoms with Gasteiger partial charge in [-0.15, -0.1) is 0 Å². The van der Waals surface area contributed by atoms with E-state index in [0.717, 1.165) is 11.1 Å². The lowest BCUT2D eigenvalue weighted by Crippen LogP contribution is -2.13. The molecule has 0 aliphatic rings. The van der Waals surface area contributed by atoms with Crippen molar-refractivity contribution in [3.8, 4) is 0 Å². The molecule has 0 atom stereocenters. The molecule has 1 amide bonds. The third-order valence-electron chi connectivity index (χ3n) is 2.61. The lowest BCUT2D eigenvalue weighted by Gasteiger charge is -2.07. The minimum absolute atomic E-state index is 0.261. The van der Waals surface area contributed by atoms with Crippen molar-refractivity contribution < 1.29 is 9.53 Å². The zero-order chi connectivity index (χ0) is 13.5. The molecular formula is C16H15NO2. The predicted molar refractivity (Wildman–Crippen MR) is 76.8 cm³/mol. The van der Waals surface area contributed by atoms with E-state index in [2.05, 4.69) is 11.9 Å². The van der Waals surface area contributed by atoms with E-state index in [1.54, 1.807) is 18.2 Å². The van der Waals surface area contributed by atoms with Crippen LogP contribution in [-0.4, -0.2) is 6.09 Å². The minimum Gasteiger partial charge on any atom is -0.444 e. The van der Waals surface area contributed by atoms with Gasteiger partial charge in [0.15, 0.2) is 0 Å². The van der Waals surface area contributed by atoms with Crippen molar-refractivity contribution in [2.75, 3.05) is 5.32 Å². The molecule has 96 valence electrons. The fourth-order valence-corrected chi connectivity index (χ4v) is 1.58. The third kappa shape index (κ3) is 4.00. The molecule has 0 saturated carbocycles. The van der Waals surface area contributed by atoms with E-state index in [4.69, 9.17) is 4.74 Å². The number of hydrogen-bond donors (Lipinski definition) is 1. The number of nitrogens with one attached hydrogen (secondary N) is 1. The summed E-state index contributed by atoms with van der Waals surface area (Å²) in [5, 5.41) is 2.67. The van der Waals surface area contributed by atoms with E-state index in [1.165, 1.54) is 0 Å². The van der Waals surface area contributed by atoms with E-state index in [0.29, 0.717) is 5.69 Å². The standard InChI is InChI=1S/C16H15NO2/c1-2-13-8-10-15(11-9-13)17-16(18)19-12-14-6-4-3-5-7-14/h2-11H,1,12H2,(H,17,18). The molecule has 0 aromatic heterocycles. The average molecular weight is 253 g/mol. The Labute approximate surface area is 112 Å². The number of ether oxygens (including phenoxy) is 1. The molecule has 0 radical (unpaired) electrons. The van der Waals surface area contributed by atoms with Gasteiger partial charge in [-0.2, -0.15) is 0 Å². The van der Waals surface area contributed by atoms with Gasteiger partial charge in [0.1, 0.15) is 6.61 Å². The van der Waals surface area contributed by atoms with Gasteiger partial charge in [-0.05, 0) is 23.3 Å². The second kappa shape index (κ2) is 6.40. The number of carbonyl (C=O) groups is 1. The van der Waals surface area contributed by atoms with Crippen LogP contribution in [0.2, 0.25) is 0 Å². The van der Waals surface area contributed by atoms with Crippen molar-refractivity contribution in [2.24, 2.45) is 0 Å². The molecule has 0 unspecified atom stereocenters. The van der Waals surface area contributed by atoms with Gasteiger partial charge in [-0.25, -0.2) is 4.79 Å². The molecule has 3 nitrogen and oxygen atoms in total. The summed E-state index contributed by atoms with van der Waals surface area (Å²) < 4.78 is 5.12. The molecule has 0 bridgehead atoms. The normalized spacial score (nSPS) is 9.68. The number of benzene rings is 2. The van der Waals surface area contributed by atoms with Crippen LogP contribution in [0.25, 0.3) is 6.08 Å². The third-order valence-corrected chi connectivity index (χ3v) is 2.61. The molecule has 0 fully saturated rings. The van der Waals surface area contributed by atoms with Crippen molar-refractivity contribution >= 4 is 17.9 Å². The Hall–Kier alpha value is -2.55. The summed E-state index contributed by atoms with van der Waals surface area (Å²) in [5.41, 5.74) is 2.66. The van der Waals surface area contributed by atoms with Gasteiger partial charge < -0.3 is 4.74 Å². The fourth-order valence-electron chi connectivity index (χ4n) is 1.58. The molecular weight excluding hydrogens is 238 g/mol. The quantitative estimate of drug-likeness (QED) is 0.891. The second-order valence-electron chi connectivity index (χ2n) is 4.01. The van der Waals surface area contributed by atoms with Crippen LogP contribution in [0.5, 0.6) is 0 Å². The number of rotatable bonds is 4. The van der Waals surface area contributed by atoms with E-state index >= 15 is 0 Å². The van der Waals surface area contributed by atoms with Gasteiger partial charge in [0.2, 0.25) is 0 Å². The van der Waals surface area contributed by atoms with Crippen LogP contribution in [0.4, 0.5) is 10.5 Å². The van der Waals surface area contributed by atoms with Crippen molar-refractivity contribution in [2.45, 2.75) is 6.61 Å². The van der Waals surface area contributed by atoms with Gasteiger partial charge in [0, 0.05) is 5.69 Å². The topological polar surface area (TPSA) is 38.3 Å². The Bertz CT molecular complexity index is 547. The number of anilines is 1. The minimum atomic E-state index is -0.463.